The van der Waals surface area contributed by atoms with Crippen LogP contribution in [-0.4, -0.2) is 13.1 Å². The molecule has 0 heterocycles. The molecule has 1 aromatic carbocycles. The molecule has 0 saturated heterocycles. The van der Waals surface area contributed by atoms with E-state index in [4.69, 9.17) is 4.74 Å². The molecule has 2 atom stereocenters. The normalized spacial score (nSPS) is 23.6. The minimum Gasteiger partial charge on any atom is -0.493 e. The van der Waals surface area contributed by atoms with E-state index in [-0.39, 0.29) is 11.9 Å². The molecule has 1 aliphatic rings. The van der Waals surface area contributed by atoms with E-state index >= 15 is 0 Å². The lowest BCUT2D eigenvalue weighted by atomic mass is 9.79. The van der Waals surface area contributed by atoms with E-state index in [1.165, 1.54) is 0 Å². The van der Waals surface area contributed by atoms with Gasteiger partial charge in [0.05, 0.1) is 11.9 Å². The molecule has 0 N–H and O–H groups in total. The predicted molar refractivity (Wildman–Crippen MR) is 71.8 cm³/mol. The van der Waals surface area contributed by atoms with Crippen LogP contribution < -0.4 is 10.2 Å². The summed E-state index contributed by atoms with van der Waals surface area (Å²) < 4.78 is 57.5. The summed E-state index contributed by atoms with van der Waals surface area (Å²) >= 11 is 0. The fourth-order valence-corrected chi connectivity index (χ4v) is 2.78. The largest absolute Gasteiger partial charge is 0.513 e. The molecule has 0 spiro atoms. The van der Waals surface area contributed by atoms with Crippen LogP contribution in [0.1, 0.15) is 39.0 Å². The average Bonchev–Trinajstić information content (AvgIpc) is 2.37. The third-order valence-corrected chi connectivity index (χ3v) is 3.93. The van der Waals surface area contributed by atoms with Gasteiger partial charge in [0.2, 0.25) is 0 Å². The molecule has 112 valence electrons. The lowest BCUT2D eigenvalue weighted by Crippen LogP contribution is -2.37. The zero-order valence-corrected chi connectivity index (χ0v) is 11.4. The third kappa shape index (κ3) is 3.67. The molecule has 0 radical (unpaired) electrons. The van der Waals surface area contributed by atoms with Crippen LogP contribution in [0.25, 0.3) is 0 Å². The molecule has 2 unspecified atom stereocenters. The summed E-state index contributed by atoms with van der Waals surface area (Å²) in [7, 11) is 0. The van der Waals surface area contributed by atoms with Crippen LogP contribution in [0, 0.1) is 11.7 Å². The van der Waals surface area contributed by atoms with Crippen molar-refractivity contribution in [2.45, 2.75) is 45.1 Å². The molecule has 1 aliphatic carbocycles. The lowest BCUT2D eigenvalue weighted by Gasteiger charge is -2.31. The van der Waals surface area contributed by atoms with E-state index in [1.807, 2.05) is 0 Å². The molecule has 1 nitrogen and oxygen atoms in total. The maximum absolute atomic E-state index is 13.2. The highest BCUT2D eigenvalue weighted by Gasteiger charge is 2.31. The van der Waals surface area contributed by atoms with Gasteiger partial charge in [0.1, 0.15) is 5.82 Å². The molecule has 0 aliphatic heterocycles. The van der Waals surface area contributed by atoms with Gasteiger partial charge in [-0.15, -0.1) is 0 Å². The molecular weight excluding hydrogens is 271 g/mol. The Morgan fingerprint density at radius 1 is 1.25 bits per heavy atom. The Labute approximate surface area is 116 Å². The van der Waals surface area contributed by atoms with Crippen molar-refractivity contribution in [3.63, 3.8) is 0 Å². The highest BCUT2D eigenvalue weighted by Crippen LogP contribution is 2.30. The van der Waals surface area contributed by atoms with E-state index in [9.17, 15) is 17.3 Å². The van der Waals surface area contributed by atoms with E-state index in [2.05, 4.69) is 6.92 Å². The van der Waals surface area contributed by atoms with Crippen molar-refractivity contribution in [3.8, 4) is 5.75 Å². The topological polar surface area (TPSA) is 9.23 Å². The summed E-state index contributed by atoms with van der Waals surface area (Å²) in [4.78, 5) is 0. The van der Waals surface area contributed by atoms with Crippen molar-refractivity contribution in [1.29, 1.82) is 0 Å². The standard InChI is InChI=1S/C14H18BF4O/c1-2-10-4-3-5-12(8-10)20-14-9-11(16)6-7-13(14)15(17,18)19/h6-7,9-10,12H,2-5,8H2,1H3/q-1. The molecule has 1 aromatic rings. The molecule has 0 amide bonds. The summed E-state index contributed by atoms with van der Waals surface area (Å²) in [5.41, 5.74) is -0.843. The molecule has 6 heteroatoms. The Hall–Kier alpha value is -1.20. The number of ether oxygens (including phenoxy) is 1. The predicted octanol–water partition coefficient (Wildman–Crippen LogP) is 4.23. The van der Waals surface area contributed by atoms with Gasteiger partial charge in [0, 0.05) is 6.07 Å². The molecule has 0 aromatic heterocycles. The Kier molecular flexibility index (Phi) is 4.61. The van der Waals surface area contributed by atoms with Gasteiger partial charge in [-0.3, -0.25) is 0 Å². The Morgan fingerprint density at radius 3 is 2.65 bits per heavy atom. The number of hydrogen-bond acceptors (Lipinski definition) is 1. The van der Waals surface area contributed by atoms with Crippen LogP contribution in [0.2, 0.25) is 0 Å². The van der Waals surface area contributed by atoms with Crippen molar-refractivity contribution in [2.75, 3.05) is 0 Å². The highest BCUT2D eigenvalue weighted by atomic mass is 19.4. The van der Waals surface area contributed by atoms with Crippen LogP contribution >= 0.6 is 0 Å². The Bertz CT molecular complexity index is 461. The summed E-state index contributed by atoms with van der Waals surface area (Å²) in [6, 6.07) is 2.44. The first-order chi connectivity index (χ1) is 9.40. The van der Waals surface area contributed by atoms with Gasteiger partial charge < -0.3 is 17.7 Å². The first-order valence-electron chi connectivity index (χ1n) is 7.06. The third-order valence-electron chi connectivity index (χ3n) is 3.93. The van der Waals surface area contributed by atoms with Gasteiger partial charge in [-0.25, -0.2) is 4.39 Å². The second kappa shape index (κ2) is 6.06. The zero-order chi connectivity index (χ0) is 14.8. The van der Waals surface area contributed by atoms with Gasteiger partial charge in [-0.2, -0.15) is 0 Å². The monoisotopic (exact) mass is 289 g/mol. The van der Waals surface area contributed by atoms with Gasteiger partial charge in [-0.1, -0.05) is 31.3 Å². The van der Waals surface area contributed by atoms with Crippen LogP contribution in [0.4, 0.5) is 17.3 Å². The van der Waals surface area contributed by atoms with Crippen molar-refractivity contribution >= 4 is 12.4 Å². The number of hydrogen-bond donors (Lipinski definition) is 0. The van der Waals surface area contributed by atoms with Crippen LogP contribution in [0.15, 0.2) is 18.2 Å². The van der Waals surface area contributed by atoms with Gasteiger partial charge in [0.25, 0.3) is 0 Å². The van der Waals surface area contributed by atoms with Gasteiger partial charge >= 0.3 is 6.98 Å². The summed E-state index contributed by atoms with van der Waals surface area (Å²) in [6.07, 6.45) is 4.28. The Morgan fingerprint density at radius 2 is 2.00 bits per heavy atom. The fraction of sp³-hybridized carbons (Fsp3) is 0.571. The highest BCUT2D eigenvalue weighted by molar-refractivity contribution is 6.74. The lowest BCUT2D eigenvalue weighted by molar-refractivity contribution is 0.122. The molecule has 1 saturated carbocycles. The minimum atomic E-state index is -5.19. The van der Waals surface area contributed by atoms with Crippen LogP contribution in [-0.2, 0) is 0 Å². The maximum atomic E-state index is 13.2. The first kappa shape index (κ1) is 15.2. The molecule has 2 rings (SSSR count). The summed E-state index contributed by atoms with van der Waals surface area (Å²) in [5, 5.41) is 0. The second-order valence-corrected chi connectivity index (χ2v) is 5.44. The Balaban J connectivity index is 2.17. The van der Waals surface area contributed by atoms with E-state index in [0.29, 0.717) is 5.92 Å². The fourth-order valence-electron chi connectivity index (χ4n) is 2.78. The van der Waals surface area contributed by atoms with E-state index in [0.717, 1.165) is 50.3 Å². The maximum Gasteiger partial charge on any atom is 0.513 e. The molecule has 20 heavy (non-hydrogen) atoms. The smallest absolute Gasteiger partial charge is 0.493 e. The van der Waals surface area contributed by atoms with Crippen LogP contribution in [0.5, 0.6) is 5.75 Å². The SMILES string of the molecule is CCC1CCCC(Oc2cc(F)ccc2[B-](F)(F)F)C1. The summed E-state index contributed by atoms with van der Waals surface area (Å²) in [6.45, 7) is -3.12. The number of benzene rings is 1. The molecular formula is C14H18BF4O-. The first-order valence-corrected chi connectivity index (χ1v) is 7.06. The van der Waals surface area contributed by atoms with Crippen molar-refractivity contribution in [3.05, 3.63) is 24.0 Å². The van der Waals surface area contributed by atoms with Crippen molar-refractivity contribution < 1.29 is 22.1 Å². The average molecular weight is 289 g/mol. The van der Waals surface area contributed by atoms with E-state index in [1.54, 1.807) is 0 Å². The summed E-state index contributed by atoms with van der Waals surface area (Å²) in [5.74, 6) is -0.576. The van der Waals surface area contributed by atoms with Crippen molar-refractivity contribution in [2.24, 2.45) is 5.92 Å². The van der Waals surface area contributed by atoms with Crippen molar-refractivity contribution in [1.82, 2.24) is 0 Å². The minimum absolute atomic E-state index is 0.243. The molecule has 1 fully saturated rings. The quantitative estimate of drug-likeness (QED) is 0.595. The van der Waals surface area contributed by atoms with Gasteiger partial charge in [-0.05, 0) is 31.2 Å². The molecule has 0 bridgehead atoms. The second-order valence-electron chi connectivity index (χ2n) is 5.44. The van der Waals surface area contributed by atoms with Gasteiger partial charge in [0.15, 0.2) is 0 Å². The van der Waals surface area contributed by atoms with E-state index < -0.39 is 18.3 Å². The zero-order valence-electron chi connectivity index (χ0n) is 11.4. The number of halogens is 4. The number of rotatable bonds is 4. The van der Waals surface area contributed by atoms with Crippen LogP contribution in [0.3, 0.4) is 0 Å².